The lowest BCUT2D eigenvalue weighted by molar-refractivity contribution is -0.122. The molecule has 1 fully saturated rings. The number of rotatable bonds is 3. The molecule has 1 aliphatic heterocycles. The summed E-state index contributed by atoms with van der Waals surface area (Å²) < 4.78 is 0. The van der Waals surface area contributed by atoms with Gasteiger partial charge in [0.15, 0.2) is 0 Å². The number of nitrogens with one attached hydrogen (secondary N) is 3. The fourth-order valence-corrected chi connectivity index (χ4v) is 2.20. The van der Waals surface area contributed by atoms with E-state index < -0.39 is 0 Å². The van der Waals surface area contributed by atoms with Gasteiger partial charge in [0.2, 0.25) is 0 Å². The Balaban J connectivity index is 1.88. The molecule has 1 amide bonds. The zero-order valence-corrected chi connectivity index (χ0v) is 13.1. The van der Waals surface area contributed by atoms with E-state index in [0.29, 0.717) is 6.04 Å². The van der Waals surface area contributed by atoms with E-state index in [2.05, 4.69) is 54.3 Å². The van der Waals surface area contributed by atoms with Crippen LogP contribution >= 0.6 is 0 Å². The molecule has 0 aromatic heterocycles. The van der Waals surface area contributed by atoms with Gasteiger partial charge in [-0.1, -0.05) is 45.0 Å². The number of hydrogen-bond acceptors (Lipinski definition) is 4. The van der Waals surface area contributed by atoms with Gasteiger partial charge in [-0.05, 0) is 29.9 Å². The minimum absolute atomic E-state index is 0.116. The molecule has 5 nitrogen and oxygen atoms in total. The van der Waals surface area contributed by atoms with Crippen molar-refractivity contribution < 1.29 is 4.79 Å². The Kier molecular flexibility index (Phi) is 4.75. The highest BCUT2D eigenvalue weighted by Gasteiger charge is 2.26. The van der Waals surface area contributed by atoms with E-state index in [1.807, 2.05) is 19.1 Å². The minimum atomic E-state index is -0.222. The normalized spacial score (nSPS) is 22.7. The molecule has 2 atom stereocenters. The Morgan fingerprint density at radius 2 is 1.95 bits per heavy atom. The number of hydrogen-bond donors (Lipinski definition) is 3. The number of carbonyl (C=O) groups is 1. The highest BCUT2D eigenvalue weighted by Crippen LogP contribution is 2.21. The molecule has 1 aliphatic rings. The van der Waals surface area contributed by atoms with E-state index in [1.165, 1.54) is 5.56 Å². The van der Waals surface area contributed by atoms with Gasteiger partial charge in [0.1, 0.15) is 6.04 Å². The molecule has 0 saturated carbocycles. The van der Waals surface area contributed by atoms with Crippen LogP contribution in [-0.2, 0) is 10.2 Å². The summed E-state index contributed by atoms with van der Waals surface area (Å²) in [5.74, 6) is -0.116. The number of carbonyl (C=O) groups excluding carboxylic acids is 1. The Labute approximate surface area is 126 Å². The second-order valence-corrected chi connectivity index (χ2v) is 6.58. The van der Waals surface area contributed by atoms with Crippen LogP contribution in [0.4, 0.5) is 0 Å². The van der Waals surface area contributed by atoms with E-state index in [-0.39, 0.29) is 17.4 Å². The fraction of sp³-hybridized carbons (Fsp3) is 0.500. The van der Waals surface area contributed by atoms with Crippen molar-refractivity contribution in [3.05, 3.63) is 35.4 Å². The van der Waals surface area contributed by atoms with Crippen molar-refractivity contribution in [2.24, 2.45) is 5.10 Å². The lowest BCUT2D eigenvalue weighted by Gasteiger charge is -2.18. The van der Waals surface area contributed by atoms with Gasteiger partial charge in [-0.25, -0.2) is 10.9 Å². The first-order chi connectivity index (χ1) is 9.86. The molecular formula is C16H24N4O. The molecule has 21 heavy (non-hydrogen) atoms. The van der Waals surface area contributed by atoms with Crippen LogP contribution in [0.25, 0.3) is 0 Å². The number of benzene rings is 1. The predicted octanol–water partition coefficient (Wildman–Crippen LogP) is 1.69. The Morgan fingerprint density at radius 3 is 2.48 bits per heavy atom. The van der Waals surface area contributed by atoms with Gasteiger partial charge >= 0.3 is 0 Å². The van der Waals surface area contributed by atoms with Crippen molar-refractivity contribution in [1.29, 1.82) is 0 Å². The zero-order valence-electron chi connectivity index (χ0n) is 13.1. The molecule has 114 valence electrons. The number of amides is 1. The summed E-state index contributed by atoms with van der Waals surface area (Å²) in [6.07, 6.45) is 2.43. The maximum Gasteiger partial charge on any atom is 0.258 e. The van der Waals surface area contributed by atoms with Gasteiger partial charge < -0.3 is 0 Å². The summed E-state index contributed by atoms with van der Waals surface area (Å²) in [6, 6.07) is 8.28. The standard InChI is InChI=1S/C16H24N4O/c1-11-9-14(19-18-11)15(21)20-17-10-12-5-7-13(8-6-12)16(2,3)4/h5-8,10-11,14,18-19H,9H2,1-4H3,(H,20,21)/b17-10+. The van der Waals surface area contributed by atoms with Crippen molar-refractivity contribution in [3.63, 3.8) is 0 Å². The van der Waals surface area contributed by atoms with Gasteiger partial charge in [0.25, 0.3) is 5.91 Å². The van der Waals surface area contributed by atoms with Crippen molar-refractivity contribution >= 4 is 12.1 Å². The summed E-state index contributed by atoms with van der Waals surface area (Å²) in [5.41, 5.74) is 10.9. The van der Waals surface area contributed by atoms with Crippen LogP contribution in [0.3, 0.4) is 0 Å². The average molecular weight is 288 g/mol. The quantitative estimate of drug-likeness (QED) is 0.586. The van der Waals surface area contributed by atoms with Crippen molar-refractivity contribution in [2.75, 3.05) is 0 Å². The molecule has 2 unspecified atom stereocenters. The molecule has 3 N–H and O–H groups in total. The van der Waals surface area contributed by atoms with Crippen molar-refractivity contribution in [2.45, 2.75) is 51.6 Å². The zero-order chi connectivity index (χ0) is 15.5. The van der Waals surface area contributed by atoms with Crippen LogP contribution < -0.4 is 16.3 Å². The van der Waals surface area contributed by atoms with Gasteiger partial charge in [-0.3, -0.25) is 10.2 Å². The Hall–Kier alpha value is -1.72. The molecule has 0 spiro atoms. The third-order valence-corrected chi connectivity index (χ3v) is 3.57. The maximum absolute atomic E-state index is 11.8. The summed E-state index contributed by atoms with van der Waals surface area (Å²) in [6.45, 7) is 8.57. The van der Waals surface area contributed by atoms with Crippen LogP contribution in [-0.4, -0.2) is 24.2 Å². The highest BCUT2D eigenvalue weighted by molar-refractivity contribution is 5.85. The predicted molar refractivity (Wildman–Crippen MR) is 85.0 cm³/mol. The first kappa shape index (κ1) is 15.7. The second-order valence-electron chi connectivity index (χ2n) is 6.58. The lowest BCUT2D eigenvalue weighted by Crippen LogP contribution is -2.41. The molecule has 0 radical (unpaired) electrons. The average Bonchev–Trinajstić information content (AvgIpc) is 2.85. The van der Waals surface area contributed by atoms with Crippen LogP contribution in [0.5, 0.6) is 0 Å². The van der Waals surface area contributed by atoms with Crippen molar-refractivity contribution in [3.8, 4) is 0 Å². The number of hydrazine groups is 1. The summed E-state index contributed by atoms with van der Waals surface area (Å²) in [7, 11) is 0. The van der Waals surface area contributed by atoms with E-state index in [0.717, 1.165) is 12.0 Å². The molecule has 1 aromatic carbocycles. The van der Waals surface area contributed by atoms with Gasteiger partial charge in [-0.2, -0.15) is 5.10 Å². The van der Waals surface area contributed by atoms with E-state index >= 15 is 0 Å². The third-order valence-electron chi connectivity index (χ3n) is 3.57. The SMILES string of the molecule is CC1CC(C(=O)N/N=C/c2ccc(C(C)(C)C)cc2)NN1. The largest absolute Gasteiger partial charge is 0.271 e. The molecule has 5 heteroatoms. The molecule has 1 saturated heterocycles. The van der Waals surface area contributed by atoms with Gasteiger partial charge in [0.05, 0.1) is 6.21 Å². The van der Waals surface area contributed by atoms with Crippen LogP contribution in [0, 0.1) is 0 Å². The Bertz CT molecular complexity index is 516. The molecule has 1 heterocycles. The van der Waals surface area contributed by atoms with Crippen LogP contribution in [0.1, 0.15) is 45.2 Å². The maximum atomic E-state index is 11.8. The molecule has 1 aromatic rings. The second kappa shape index (κ2) is 6.37. The summed E-state index contributed by atoms with van der Waals surface area (Å²) in [4.78, 5) is 11.8. The molecule has 2 rings (SSSR count). The number of nitrogens with zero attached hydrogens (tertiary/aromatic N) is 1. The molecule has 0 bridgehead atoms. The van der Waals surface area contributed by atoms with Crippen LogP contribution in [0.2, 0.25) is 0 Å². The summed E-state index contributed by atoms with van der Waals surface area (Å²) >= 11 is 0. The topological polar surface area (TPSA) is 65.5 Å². The van der Waals surface area contributed by atoms with Crippen molar-refractivity contribution in [1.82, 2.24) is 16.3 Å². The molecular weight excluding hydrogens is 264 g/mol. The highest BCUT2D eigenvalue weighted by atomic mass is 16.2. The summed E-state index contributed by atoms with van der Waals surface area (Å²) in [5, 5.41) is 4.01. The number of hydrazone groups is 1. The van der Waals surface area contributed by atoms with Crippen LogP contribution in [0.15, 0.2) is 29.4 Å². The van der Waals surface area contributed by atoms with E-state index in [9.17, 15) is 4.79 Å². The molecule has 0 aliphatic carbocycles. The Morgan fingerprint density at radius 1 is 1.29 bits per heavy atom. The third kappa shape index (κ3) is 4.37. The monoisotopic (exact) mass is 288 g/mol. The van der Waals surface area contributed by atoms with Gasteiger partial charge in [-0.15, -0.1) is 0 Å². The smallest absolute Gasteiger partial charge is 0.258 e. The fourth-order valence-electron chi connectivity index (χ4n) is 2.20. The van der Waals surface area contributed by atoms with E-state index in [1.54, 1.807) is 6.21 Å². The minimum Gasteiger partial charge on any atom is -0.271 e. The first-order valence-electron chi connectivity index (χ1n) is 7.31. The first-order valence-corrected chi connectivity index (χ1v) is 7.31. The van der Waals surface area contributed by atoms with E-state index in [4.69, 9.17) is 0 Å². The lowest BCUT2D eigenvalue weighted by atomic mass is 9.87. The van der Waals surface area contributed by atoms with Gasteiger partial charge in [0, 0.05) is 6.04 Å².